The SMILES string of the molecule is CC(C)(O)CNC(=O)/C=C/C=C/c1ccc2c(c1)OCO2. The van der Waals surface area contributed by atoms with Gasteiger partial charge in [-0.2, -0.15) is 0 Å². The van der Waals surface area contributed by atoms with Gasteiger partial charge in [0.2, 0.25) is 12.7 Å². The van der Waals surface area contributed by atoms with Crippen molar-refractivity contribution in [2.24, 2.45) is 0 Å². The van der Waals surface area contributed by atoms with Crippen molar-refractivity contribution < 1.29 is 19.4 Å². The minimum absolute atomic E-state index is 0.210. The molecule has 112 valence electrons. The largest absolute Gasteiger partial charge is 0.454 e. The quantitative estimate of drug-likeness (QED) is 0.641. The lowest BCUT2D eigenvalue weighted by Crippen LogP contribution is -2.37. The molecule has 0 aliphatic carbocycles. The van der Waals surface area contributed by atoms with Gasteiger partial charge < -0.3 is 19.9 Å². The molecule has 0 unspecified atom stereocenters. The molecule has 0 saturated heterocycles. The number of carbonyl (C=O) groups is 1. The summed E-state index contributed by atoms with van der Waals surface area (Å²) in [5.74, 6) is 1.23. The smallest absolute Gasteiger partial charge is 0.244 e. The van der Waals surface area contributed by atoms with Crippen molar-refractivity contribution in [3.8, 4) is 11.5 Å². The Morgan fingerprint density at radius 2 is 2.10 bits per heavy atom. The van der Waals surface area contributed by atoms with Gasteiger partial charge in [-0.15, -0.1) is 0 Å². The Balaban J connectivity index is 1.84. The van der Waals surface area contributed by atoms with E-state index in [9.17, 15) is 9.90 Å². The molecule has 1 aromatic carbocycles. The van der Waals surface area contributed by atoms with Crippen molar-refractivity contribution in [3.63, 3.8) is 0 Å². The van der Waals surface area contributed by atoms with E-state index < -0.39 is 5.60 Å². The van der Waals surface area contributed by atoms with Crippen molar-refractivity contribution in [2.45, 2.75) is 19.4 Å². The van der Waals surface area contributed by atoms with Crippen LogP contribution in [0, 0.1) is 0 Å². The van der Waals surface area contributed by atoms with Gasteiger partial charge >= 0.3 is 0 Å². The molecule has 0 fully saturated rings. The van der Waals surface area contributed by atoms with E-state index in [1.165, 1.54) is 6.08 Å². The molecular weight excluding hydrogens is 270 g/mol. The van der Waals surface area contributed by atoms with Crippen LogP contribution in [-0.2, 0) is 4.79 Å². The number of fused-ring (bicyclic) bond motifs is 1. The number of ether oxygens (including phenoxy) is 2. The lowest BCUT2D eigenvalue weighted by atomic mass is 10.1. The van der Waals surface area contributed by atoms with Gasteiger partial charge in [-0.1, -0.05) is 24.3 Å². The van der Waals surface area contributed by atoms with Gasteiger partial charge in [-0.3, -0.25) is 4.79 Å². The monoisotopic (exact) mass is 289 g/mol. The number of nitrogens with one attached hydrogen (secondary N) is 1. The lowest BCUT2D eigenvalue weighted by Gasteiger charge is -2.16. The number of hydrogen-bond acceptors (Lipinski definition) is 4. The number of carbonyl (C=O) groups excluding carboxylic acids is 1. The normalized spacial score (nSPS) is 14.0. The number of amides is 1. The highest BCUT2D eigenvalue weighted by atomic mass is 16.7. The Bertz CT molecular complexity index is 570. The van der Waals surface area contributed by atoms with Gasteiger partial charge in [0.25, 0.3) is 0 Å². The fourth-order valence-electron chi connectivity index (χ4n) is 1.69. The van der Waals surface area contributed by atoms with Crippen LogP contribution in [0.1, 0.15) is 19.4 Å². The maximum absolute atomic E-state index is 11.5. The Morgan fingerprint density at radius 1 is 1.33 bits per heavy atom. The molecule has 0 radical (unpaired) electrons. The number of allylic oxidation sites excluding steroid dienone is 2. The summed E-state index contributed by atoms with van der Waals surface area (Å²) in [4.78, 5) is 11.5. The van der Waals surface area contributed by atoms with Crippen LogP contribution in [0.15, 0.2) is 36.4 Å². The second-order valence-electron chi connectivity index (χ2n) is 5.36. The van der Waals surface area contributed by atoms with Gasteiger partial charge in [0.15, 0.2) is 11.5 Å². The predicted molar refractivity (Wildman–Crippen MR) is 80.0 cm³/mol. The van der Waals surface area contributed by atoms with Crippen molar-refractivity contribution in [1.82, 2.24) is 5.32 Å². The van der Waals surface area contributed by atoms with Gasteiger partial charge in [0, 0.05) is 12.6 Å². The molecule has 1 aliphatic heterocycles. The molecule has 1 aliphatic rings. The minimum Gasteiger partial charge on any atom is -0.454 e. The Labute approximate surface area is 123 Å². The highest BCUT2D eigenvalue weighted by Gasteiger charge is 2.13. The van der Waals surface area contributed by atoms with Crippen molar-refractivity contribution >= 4 is 12.0 Å². The topological polar surface area (TPSA) is 67.8 Å². The second-order valence-corrected chi connectivity index (χ2v) is 5.36. The molecule has 5 nitrogen and oxygen atoms in total. The average Bonchev–Trinajstić information content (AvgIpc) is 2.88. The molecule has 1 amide bonds. The Hall–Kier alpha value is -2.27. The van der Waals surface area contributed by atoms with E-state index in [1.807, 2.05) is 24.3 Å². The molecule has 0 saturated carbocycles. The zero-order valence-corrected chi connectivity index (χ0v) is 12.1. The van der Waals surface area contributed by atoms with Crippen LogP contribution in [0.3, 0.4) is 0 Å². The Morgan fingerprint density at radius 3 is 2.86 bits per heavy atom. The summed E-state index contributed by atoms with van der Waals surface area (Å²) in [7, 11) is 0. The van der Waals surface area contributed by atoms with E-state index in [0.717, 1.165) is 17.1 Å². The Kier molecular flexibility index (Phi) is 4.65. The third-order valence-corrected chi connectivity index (χ3v) is 2.74. The van der Waals surface area contributed by atoms with E-state index in [1.54, 1.807) is 26.0 Å². The zero-order valence-electron chi connectivity index (χ0n) is 12.1. The minimum atomic E-state index is -0.911. The van der Waals surface area contributed by atoms with Gasteiger partial charge in [-0.05, 0) is 31.5 Å². The summed E-state index contributed by atoms with van der Waals surface area (Å²) in [5, 5.41) is 12.1. The van der Waals surface area contributed by atoms with Crippen LogP contribution < -0.4 is 14.8 Å². The van der Waals surface area contributed by atoms with Crippen LogP contribution in [0.25, 0.3) is 6.08 Å². The molecule has 0 bridgehead atoms. The van der Waals surface area contributed by atoms with E-state index in [2.05, 4.69) is 5.32 Å². The van der Waals surface area contributed by atoms with Crippen LogP contribution in [0.5, 0.6) is 11.5 Å². The summed E-state index contributed by atoms with van der Waals surface area (Å²) < 4.78 is 10.5. The summed E-state index contributed by atoms with van der Waals surface area (Å²) in [6.45, 7) is 3.74. The molecule has 0 atom stereocenters. The maximum Gasteiger partial charge on any atom is 0.244 e. The standard InChI is InChI=1S/C16H19NO4/c1-16(2,19)10-17-15(18)6-4-3-5-12-7-8-13-14(9-12)21-11-20-13/h3-9,19H,10-11H2,1-2H3,(H,17,18)/b5-3+,6-4+. The number of hydrogen-bond donors (Lipinski definition) is 2. The van der Waals surface area contributed by atoms with E-state index in [0.29, 0.717) is 0 Å². The first-order valence-corrected chi connectivity index (χ1v) is 6.69. The first-order valence-electron chi connectivity index (χ1n) is 6.69. The molecule has 5 heteroatoms. The van der Waals surface area contributed by atoms with Gasteiger partial charge in [0.05, 0.1) is 5.60 Å². The maximum atomic E-state index is 11.5. The van der Waals surface area contributed by atoms with Crippen molar-refractivity contribution in [3.05, 3.63) is 42.0 Å². The first kappa shape index (κ1) is 15.1. The zero-order chi connectivity index (χ0) is 15.3. The van der Waals surface area contributed by atoms with E-state index in [4.69, 9.17) is 9.47 Å². The van der Waals surface area contributed by atoms with E-state index in [-0.39, 0.29) is 19.2 Å². The molecule has 0 aromatic heterocycles. The van der Waals surface area contributed by atoms with Crippen molar-refractivity contribution in [2.75, 3.05) is 13.3 Å². The third-order valence-electron chi connectivity index (χ3n) is 2.74. The fourth-order valence-corrected chi connectivity index (χ4v) is 1.69. The second kappa shape index (κ2) is 6.45. The molecule has 2 rings (SSSR count). The van der Waals surface area contributed by atoms with Crippen molar-refractivity contribution in [1.29, 1.82) is 0 Å². The highest BCUT2D eigenvalue weighted by molar-refractivity contribution is 5.87. The molecule has 2 N–H and O–H groups in total. The number of aliphatic hydroxyl groups is 1. The summed E-state index contributed by atoms with van der Waals surface area (Å²) >= 11 is 0. The van der Waals surface area contributed by atoms with Crippen LogP contribution in [0.2, 0.25) is 0 Å². The van der Waals surface area contributed by atoms with Crippen LogP contribution in [0.4, 0.5) is 0 Å². The lowest BCUT2D eigenvalue weighted by molar-refractivity contribution is -0.117. The summed E-state index contributed by atoms with van der Waals surface area (Å²) in [5.41, 5.74) is 0.0482. The fraction of sp³-hybridized carbons (Fsp3) is 0.312. The number of benzene rings is 1. The summed E-state index contributed by atoms with van der Waals surface area (Å²) in [6, 6.07) is 5.63. The predicted octanol–water partition coefficient (Wildman–Crippen LogP) is 1.87. The molecular formula is C16H19NO4. The number of rotatable bonds is 5. The average molecular weight is 289 g/mol. The third kappa shape index (κ3) is 4.96. The van der Waals surface area contributed by atoms with Gasteiger partial charge in [-0.25, -0.2) is 0 Å². The molecule has 0 spiro atoms. The summed E-state index contributed by atoms with van der Waals surface area (Å²) in [6.07, 6.45) is 6.68. The van der Waals surface area contributed by atoms with E-state index >= 15 is 0 Å². The van der Waals surface area contributed by atoms with Crippen LogP contribution >= 0.6 is 0 Å². The molecule has 21 heavy (non-hydrogen) atoms. The van der Waals surface area contributed by atoms with Crippen LogP contribution in [-0.4, -0.2) is 30.0 Å². The highest BCUT2D eigenvalue weighted by Crippen LogP contribution is 2.32. The molecule has 1 heterocycles. The first-order chi connectivity index (χ1) is 9.94. The molecule has 1 aromatic rings. The van der Waals surface area contributed by atoms with Gasteiger partial charge in [0.1, 0.15) is 0 Å².